The molecule has 0 saturated carbocycles. The van der Waals surface area contributed by atoms with Crippen molar-refractivity contribution in [2.45, 2.75) is 46.3 Å². The number of hydrogen-bond donors (Lipinski definition) is 2. The predicted molar refractivity (Wildman–Crippen MR) is 121 cm³/mol. The highest BCUT2D eigenvalue weighted by Crippen LogP contribution is 2.25. The van der Waals surface area contributed by atoms with Gasteiger partial charge in [-0.1, -0.05) is 23.7 Å². The van der Waals surface area contributed by atoms with E-state index in [1.807, 2.05) is 68.6 Å². The van der Waals surface area contributed by atoms with Crippen molar-refractivity contribution in [3.05, 3.63) is 71.0 Å². The first-order valence-electron chi connectivity index (χ1n) is 9.79. The van der Waals surface area contributed by atoms with E-state index in [-0.39, 0.29) is 12.1 Å². The van der Waals surface area contributed by atoms with Gasteiger partial charge in [-0.25, -0.2) is 9.97 Å². The van der Waals surface area contributed by atoms with Gasteiger partial charge in [0.2, 0.25) is 5.95 Å². The molecule has 0 radical (unpaired) electrons. The molecule has 0 aliphatic carbocycles. The van der Waals surface area contributed by atoms with Gasteiger partial charge in [0.25, 0.3) is 0 Å². The van der Waals surface area contributed by atoms with Crippen LogP contribution in [0, 0.1) is 0 Å². The fourth-order valence-corrected chi connectivity index (χ4v) is 2.95. The van der Waals surface area contributed by atoms with E-state index >= 15 is 0 Å². The minimum atomic E-state index is 0.147. The first kappa shape index (κ1) is 20.9. The van der Waals surface area contributed by atoms with Crippen molar-refractivity contribution < 1.29 is 4.74 Å². The Morgan fingerprint density at radius 3 is 2.28 bits per heavy atom. The molecule has 0 atom stereocenters. The van der Waals surface area contributed by atoms with Crippen molar-refractivity contribution in [2.24, 2.45) is 0 Å². The smallest absolute Gasteiger partial charge is 0.223 e. The van der Waals surface area contributed by atoms with Crippen LogP contribution in [-0.2, 0) is 6.42 Å². The highest BCUT2D eigenvalue weighted by atomic mass is 35.5. The van der Waals surface area contributed by atoms with Crippen LogP contribution >= 0.6 is 11.6 Å². The van der Waals surface area contributed by atoms with Crippen molar-refractivity contribution in [1.29, 1.82) is 0 Å². The van der Waals surface area contributed by atoms with Gasteiger partial charge in [-0.05, 0) is 69.7 Å². The van der Waals surface area contributed by atoms with Crippen LogP contribution in [0.4, 0.5) is 17.3 Å². The normalized spacial score (nSPS) is 11.0. The number of aromatic nitrogens is 2. The van der Waals surface area contributed by atoms with Crippen LogP contribution in [-0.4, -0.2) is 22.1 Å². The Morgan fingerprint density at radius 2 is 1.66 bits per heavy atom. The van der Waals surface area contributed by atoms with E-state index in [4.69, 9.17) is 21.3 Å². The quantitative estimate of drug-likeness (QED) is 0.471. The molecule has 0 saturated heterocycles. The summed E-state index contributed by atoms with van der Waals surface area (Å²) in [6, 6.07) is 16.0. The molecule has 2 aromatic carbocycles. The number of nitrogens with zero attached hydrogens (tertiary/aromatic N) is 2. The number of rotatable bonds is 8. The Hall–Kier alpha value is -2.79. The predicted octanol–water partition coefficient (Wildman–Crippen LogP) is 6.07. The lowest BCUT2D eigenvalue weighted by Crippen LogP contribution is -2.14. The molecule has 3 rings (SSSR count). The average molecular weight is 411 g/mol. The molecule has 0 bridgehead atoms. The molecule has 0 amide bonds. The maximum absolute atomic E-state index is 6.02. The monoisotopic (exact) mass is 410 g/mol. The van der Waals surface area contributed by atoms with Crippen molar-refractivity contribution in [3.8, 4) is 5.75 Å². The van der Waals surface area contributed by atoms with Gasteiger partial charge in [-0.15, -0.1) is 0 Å². The van der Waals surface area contributed by atoms with Crippen molar-refractivity contribution in [3.63, 3.8) is 0 Å². The fourth-order valence-electron chi connectivity index (χ4n) is 2.82. The van der Waals surface area contributed by atoms with Crippen LogP contribution in [0.3, 0.4) is 0 Å². The van der Waals surface area contributed by atoms with Gasteiger partial charge >= 0.3 is 0 Å². The fraction of sp³-hybridized carbons (Fsp3) is 0.304. The van der Waals surface area contributed by atoms with Crippen LogP contribution in [0.2, 0.25) is 5.02 Å². The van der Waals surface area contributed by atoms with E-state index in [1.165, 1.54) is 0 Å². The first-order chi connectivity index (χ1) is 13.9. The van der Waals surface area contributed by atoms with Crippen LogP contribution in [0.5, 0.6) is 5.75 Å². The molecule has 0 aliphatic heterocycles. The van der Waals surface area contributed by atoms with Crippen LogP contribution in [0.1, 0.15) is 39.0 Å². The van der Waals surface area contributed by atoms with E-state index < -0.39 is 0 Å². The minimum Gasteiger partial charge on any atom is -0.491 e. The molecule has 0 aliphatic rings. The van der Waals surface area contributed by atoms with E-state index in [0.717, 1.165) is 33.4 Å². The van der Waals surface area contributed by atoms with Crippen molar-refractivity contribution in [1.82, 2.24) is 9.97 Å². The Morgan fingerprint density at radius 1 is 0.966 bits per heavy atom. The standard InChI is InChI=1S/C23H27ClN4O/c1-15(2)26-23-25-14-22(21(28-23)13-17-5-7-18(24)8-6-17)27-19-9-11-20(12-10-19)29-16(3)4/h5-12,14-16,27H,13H2,1-4H3,(H,25,26,28). The number of hydrogen-bond acceptors (Lipinski definition) is 5. The third kappa shape index (κ3) is 6.36. The molecule has 1 aromatic heterocycles. The largest absolute Gasteiger partial charge is 0.491 e. The SMILES string of the molecule is CC(C)Nc1ncc(Nc2ccc(OC(C)C)cc2)c(Cc2ccc(Cl)cc2)n1. The topological polar surface area (TPSA) is 59.1 Å². The summed E-state index contributed by atoms with van der Waals surface area (Å²) in [7, 11) is 0. The molecule has 29 heavy (non-hydrogen) atoms. The first-order valence-corrected chi connectivity index (χ1v) is 10.2. The van der Waals surface area contributed by atoms with E-state index in [2.05, 4.69) is 29.5 Å². The molecule has 0 unspecified atom stereocenters. The van der Waals surface area contributed by atoms with Crippen LogP contribution in [0.15, 0.2) is 54.7 Å². The maximum Gasteiger partial charge on any atom is 0.223 e. The van der Waals surface area contributed by atoms with Crippen LogP contribution in [0.25, 0.3) is 0 Å². The molecular weight excluding hydrogens is 384 g/mol. The molecule has 152 valence electrons. The lowest BCUT2D eigenvalue weighted by molar-refractivity contribution is 0.242. The molecule has 0 fully saturated rings. The molecular formula is C23H27ClN4O. The Labute approximate surface area is 177 Å². The van der Waals surface area contributed by atoms with Gasteiger partial charge in [0, 0.05) is 23.2 Å². The number of ether oxygens (including phenoxy) is 1. The van der Waals surface area contributed by atoms with E-state index in [1.54, 1.807) is 0 Å². The molecule has 0 spiro atoms. The Bertz CT molecular complexity index is 925. The van der Waals surface area contributed by atoms with E-state index in [9.17, 15) is 0 Å². The molecule has 3 aromatic rings. The summed E-state index contributed by atoms with van der Waals surface area (Å²) in [6.45, 7) is 8.16. The zero-order valence-corrected chi connectivity index (χ0v) is 18.0. The molecule has 5 nitrogen and oxygen atoms in total. The highest BCUT2D eigenvalue weighted by Gasteiger charge is 2.10. The second-order valence-electron chi connectivity index (χ2n) is 7.47. The highest BCUT2D eigenvalue weighted by molar-refractivity contribution is 6.30. The summed E-state index contributed by atoms with van der Waals surface area (Å²) in [5, 5.41) is 7.42. The zero-order valence-electron chi connectivity index (χ0n) is 17.2. The second kappa shape index (κ2) is 9.61. The average Bonchev–Trinajstić information content (AvgIpc) is 2.66. The van der Waals surface area contributed by atoms with Gasteiger partial charge in [0.15, 0.2) is 0 Å². The summed E-state index contributed by atoms with van der Waals surface area (Å²) in [4.78, 5) is 9.20. The number of halogens is 1. The molecule has 2 N–H and O–H groups in total. The summed E-state index contributed by atoms with van der Waals surface area (Å²) in [6.07, 6.45) is 2.64. The summed E-state index contributed by atoms with van der Waals surface area (Å²) < 4.78 is 5.71. The summed E-state index contributed by atoms with van der Waals surface area (Å²) >= 11 is 6.02. The Balaban J connectivity index is 1.84. The number of anilines is 3. The van der Waals surface area contributed by atoms with Gasteiger partial charge in [0.05, 0.1) is 23.7 Å². The van der Waals surface area contributed by atoms with E-state index in [0.29, 0.717) is 12.4 Å². The number of benzene rings is 2. The van der Waals surface area contributed by atoms with Gasteiger partial charge < -0.3 is 15.4 Å². The summed E-state index contributed by atoms with van der Waals surface area (Å²) in [5.74, 6) is 1.47. The third-order valence-electron chi connectivity index (χ3n) is 4.08. The van der Waals surface area contributed by atoms with Crippen molar-refractivity contribution >= 4 is 28.9 Å². The lowest BCUT2D eigenvalue weighted by Gasteiger charge is -2.15. The number of nitrogens with one attached hydrogen (secondary N) is 2. The molecule has 6 heteroatoms. The molecule has 1 heterocycles. The Kier molecular flexibility index (Phi) is 6.94. The lowest BCUT2D eigenvalue weighted by atomic mass is 10.1. The van der Waals surface area contributed by atoms with Gasteiger partial charge in [-0.3, -0.25) is 0 Å². The van der Waals surface area contributed by atoms with Crippen LogP contribution < -0.4 is 15.4 Å². The second-order valence-corrected chi connectivity index (χ2v) is 7.91. The minimum absolute atomic E-state index is 0.147. The van der Waals surface area contributed by atoms with Crippen molar-refractivity contribution in [2.75, 3.05) is 10.6 Å². The maximum atomic E-state index is 6.02. The van der Waals surface area contributed by atoms with Gasteiger partial charge in [0.1, 0.15) is 5.75 Å². The zero-order chi connectivity index (χ0) is 20.8. The third-order valence-corrected chi connectivity index (χ3v) is 4.33. The van der Waals surface area contributed by atoms with Gasteiger partial charge in [-0.2, -0.15) is 0 Å². The summed E-state index contributed by atoms with van der Waals surface area (Å²) in [5.41, 5.74) is 3.86.